The van der Waals surface area contributed by atoms with Crippen molar-refractivity contribution in [3.63, 3.8) is 0 Å². The van der Waals surface area contributed by atoms with Crippen LogP contribution in [-0.2, 0) is 0 Å². The first kappa shape index (κ1) is 10.3. The maximum Gasteiger partial charge on any atom is 0.0705 e. The average Bonchev–Trinajstić information content (AvgIpc) is 3.01. The highest BCUT2D eigenvalue weighted by atomic mass is 14.7. The monoisotopic (exact) mass is 235 g/mol. The highest BCUT2D eigenvalue weighted by Gasteiger charge is 2.37. The molecule has 1 heterocycles. The Morgan fingerprint density at radius 1 is 1.00 bits per heavy atom. The Hall–Kier alpha value is -1.63. The van der Waals surface area contributed by atoms with E-state index in [1.54, 1.807) is 5.56 Å². The third kappa shape index (κ3) is 1.43. The van der Waals surface area contributed by atoms with Gasteiger partial charge in [0.1, 0.15) is 0 Å². The molecule has 18 heavy (non-hydrogen) atoms. The van der Waals surface area contributed by atoms with Gasteiger partial charge in [-0.3, -0.25) is 4.98 Å². The topological polar surface area (TPSA) is 12.9 Å². The predicted molar refractivity (Wildman–Crippen MR) is 73.7 cm³/mol. The molecule has 1 aromatic carbocycles. The molecule has 0 radical (unpaired) electrons. The van der Waals surface area contributed by atoms with Crippen LogP contribution in [0.5, 0.6) is 0 Å². The van der Waals surface area contributed by atoms with Crippen LogP contribution in [0.2, 0.25) is 0 Å². The first-order valence-electron chi connectivity index (χ1n) is 6.88. The summed E-state index contributed by atoms with van der Waals surface area (Å²) >= 11 is 0. The summed E-state index contributed by atoms with van der Waals surface area (Å²) in [4.78, 5) is 4.67. The second kappa shape index (κ2) is 3.68. The van der Waals surface area contributed by atoms with Crippen LogP contribution in [0.3, 0.4) is 0 Å². The fraction of sp³-hybridized carbons (Fsp3) is 0.353. The Labute approximate surface area is 108 Å². The normalized spacial score (nSPS) is 24.3. The molecular weight excluding hydrogens is 218 g/mol. The average molecular weight is 235 g/mol. The van der Waals surface area contributed by atoms with E-state index < -0.39 is 0 Å². The van der Waals surface area contributed by atoms with Crippen molar-refractivity contribution in [2.24, 2.45) is 0 Å². The third-order valence-corrected chi connectivity index (χ3v) is 4.63. The quantitative estimate of drug-likeness (QED) is 0.713. The molecule has 2 unspecified atom stereocenters. The first-order valence-corrected chi connectivity index (χ1v) is 6.88. The molecule has 2 aliphatic rings. The molecule has 1 aromatic heterocycles. The minimum Gasteiger partial charge on any atom is -0.256 e. The van der Waals surface area contributed by atoms with Gasteiger partial charge in [-0.05, 0) is 55.2 Å². The van der Waals surface area contributed by atoms with Crippen LogP contribution in [0.4, 0.5) is 0 Å². The lowest BCUT2D eigenvalue weighted by Gasteiger charge is -2.15. The van der Waals surface area contributed by atoms with Gasteiger partial charge < -0.3 is 0 Å². The van der Waals surface area contributed by atoms with Crippen LogP contribution in [0.1, 0.15) is 47.8 Å². The fourth-order valence-electron chi connectivity index (χ4n) is 3.60. The van der Waals surface area contributed by atoms with Gasteiger partial charge in [0.05, 0.1) is 5.69 Å². The predicted octanol–water partition coefficient (Wildman–Crippen LogP) is 4.42. The van der Waals surface area contributed by atoms with E-state index in [9.17, 15) is 0 Å². The number of pyridine rings is 1. The lowest BCUT2D eigenvalue weighted by molar-refractivity contribution is 0.714. The molecule has 0 saturated heterocycles. The summed E-state index contributed by atoms with van der Waals surface area (Å²) in [5.74, 6) is 1.63. The number of nitrogens with zero attached hydrogens (tertiary/aromatic N) is 1. The molecule has 1 nitrogen and oxygen atoms in total. The summed E-state index contributed by atoms with van der Waals surface area (Å²) in [6.45, 7) is 2.12. The number of fused-ring (bicyclic) bond motifs is 5. The van der Waals surface area contributed by atoms with E-state index in [4.69, 9.17) is 0 Å². The summed E-state index contributed by atoms with van der Waals surface area (Å²) in [7, 11) is 0. The van der Waals surface area contributed by atoms with Gasteiger partial charge in [0.2, 0.25) is 0 Å². The molecule has 0 N–H and O–H groups in total. The van der Waals surface area contributed by atoms with Crippen molar-refractivity contribution in [1.29, 1.82) is 0 Å². The van der Waals surface area contributed by atoms with Crippen molar-refractivity contribution in [1.82, 2.24) is 4.98 Å². The van der Waals surface area contributed by atoms with Gasteiger partial charge in [-0.1, -0.05) is 29.8 Å². The Bertz CT molecular complexity index is 598. The van der Waals surface area contributed by atoms with E-state index in [-0.39, 0.29) is 0 Å². The van der Waals surface area contributed by atoms with Gasteiger partial charge in [-0.25, -0.2) is 0 Å². The fourth-order valence-corrected chi connectivity index (χ4v) is 3.60. The molecule has 2 aromatic rings. The number of hydrogen-bond acceptors (Lipinski definition) is 1. The Kier molecular flexibility index (Phi) is 2.11. The summed E-state index contributed by atoms with van der Waals surface area (Å²) in [6.07, 6.45) is 6.26. The van der Waals surface area contributed by atoms with Crippen molar-refractivity contribution in [2.75, 3.05) is 0 Å². The molecule has 0 amide bonds. The molecule has 1 heteroatoms. The molecule has 2 bridgehead atoms. The molecule has 1 fully saturated rings. The second-order valence-corrected chi connectivity index (χ2v) is 5.77. The van der Waals surface area contributed by atoms with Gasteiger partial charge >= 0.3 is 0 Å². The summed E-state index contributed by atoms with van der Waals surface area (Å²) in [6, 6.07) is 11.0. The molecular formula is C17H17N. The zero-order valence-corrected chi connectivity index (χ0v) is 10.7. The maximum absolute atomic E-state index is 4.67. The Morgan fingerprint density at radius 3 is 2.50 bits per heavy atom. The van der Waals surface area contributed by atoms with Crippen LogP contribution >= 0.6 is 0 Å². The summed E-state index contributed by atoms with van der Waals surface area (Å²) in [5, 5.41) is 0. The number of aryl methyl sites for hydroxylation is 1. The van der Waals surface area contributed by atoms with Crippen LogP contribution in [0.25, 0.3) is 11.3 Å². The molecule has 0 aliphatic heterocycles. The van der Waals surface area contributed by atoms with Crippen molar-refractivity contribution in [3.8, 4) is 11.3 Å². The maximum atomic E-state index is 4.67. The Balaban J connectivity index is 1.80. The van der Waals surface area contributed by atoms with E-state index in [2.05, 4.69) is 48.4 Å². The van der Waals surface area contributed by atoms with Crippen LogP contribution < -0.4 is 0 Å². The molecule has 2 atom stereocenters. The van der Waals surface area contributed by atoms with Crippen LogP contribution in [0, 0.1) is 6.92 Å². The van der Waals surface area contributed by atoms with Crippen molar-refractivity contribution >= 4 is 0 Å². The smallest absolute Gasteiger partial charge is 0.0705 e. The van der Waals surface area contributed by atoms with Gasteiger partial charge in [-0.2, -0.15) is 0 Å². The third-order valence-electron chi connectivity index (χ3n) is 4.63. The standard InChI is InChI=1S/C17H17N/c1-11-2-4-12(5-3-11)17-9-15-13-6-7-14(8-13)16(15)10-18-17/h2-5,9-10,13-14H,6-8H2,1H3. The summed E-state index contributed by atoms with van der Waals surface area (Å²) in [5.41, 5.74) is 6.80. The van der Waals surface area contributed by atoms with E-state index in [0.717, 1.165) is 17.5 Å². The Morgan fingerprint density at radius 2 is 1.72 bits per heavy atom. The number of hydrogen-bond donors (Lipinski definition) is 0. The van der Waals surface area contributed by atoms with E-state index in [0.29, 0.717) is 0 Å². The molecule has 1 saturated carbocycles. The molecule has 0 spiro atoms. The molecule has 4 rings (SSSR count). The highest BCUT2D eigenvalue weighted by molar-refractivity contribution is 5.62. The van der Waals surface area contributed by atoms with E-state index >= 15 is 0 Å². The lowest BCUT2D eigenvalue weighted by Crippen LogP contribution is -1.99. The van der Waals surface area contributed by atoms with Gasteiger partial charge in [0.15, 0.2) is 0 Å². The zero-order chi connectivity index (χ0) is 12.1. The SMILES string of the molecule is Cc1ccc(-c2cc3c(cn2)C2CCC3C2)cc1. The molecule has 90 valence electrons. The number of rotatable bonds is 1. The zero-order valence-electron chi connectivity index (χ0n) is 10.7. The largest absolute Gasteiger partial charge is 0.256 e. The van der Waals surface area contributed by atoms with Crippen molar-refractivity contribution in [3.05, 3.63) is 53.2 Å². The van der Waals surface area contributed by atoms with Crippen LogP contribution in [0.15, 0.2) is 36.5 Å². The van der Waals surface area contributed by atoms with E-state index in [1.807, 2.05) is 0 Å². The first-order chi connectivity index (χ1) is 8.81. The van der Waals surface area contributed by atoms with Crippen molar-refractivity contribution in [2.45, 2.75) is 38.0 Å². The highest BCUT2D eigenvalue weighted by Crippen LogP contribution is 2.53. The van der Waals surface area contributed by atoms with Gasteiger partial charge in [0.25, 0.3) is 0 Å². The minimum atomic E-state index is 0.810. The van der Waals surface area contributed by atoms with Gasteiger partial charge in [0, 0.05) is 11.8 Å². The summed E-state index contributed by atoms with van der Waals surface area (Å²) < 4.78 is 0. The minimum absolute atomic E-state index is 0.810. The second-order valence-electron chi connectivity index (χ2n) is 5.77. The number of benzene rings is 1. The van der Waals surface area contributed by atoms with Crippen molar-refractivity contribution < 1.29 is 0 Å². The lowest BCUT2D eigenvalue weighted by atomic mass is 9.92. The van der Waals surface area contributed by atoms with E-state index in [1.165, 1.54) is 36.0 Å². The molecule has 2 aliphatic carbocycles. The van der Waals surface area contributed by atoms with Gasteiger partial charge in [-0.15, -0.1) is 0 Å². The number of aromatic nitrogens is 1. The van der Waals surface area contributed by atoms with Crippen LogP contribution in [-0.4, -0.2) is 4.98 Å².